The fraction of sp³-hybridized carbons (Fsp3) is 0.273. The molecule has 0 bridgehead atoms. The standard InChI is InChI=1S/C22H24ClN7O/c1-15-3-9-19(10-4-15)24-20-25-21(27-22(26-20)30-11-13-31-14-12-30)29-28-16(2)17-5-7-18(23)8-6-17/h3-10H,11-14H2,1-2H3,(H2,24,25,26,27,29). The Hall–Kier alpha value is -3.23. The van der Waals surface area contributed by atoms with Crippen molar-refractivity contribution in [3.63, 3.8) is 0 Å². The first-order valence-corrected chi connectivity index (χ1v) is 10.4. The average molecular weight is 438 g/mol. The van der Waals surface area contributed by atoms with Gasteiger partial charge in [-0.1, -0.05) is 41.4 Å². The molecule has 0 atom stereocenters. The van der Waals surface area contributed by atoms with Gasteiger partial charge in [-0.3, -0.25) is 0 Å². The summed E-state index contributed by atoms with van der Waals surface area (Å²) < 4.78 is 5.45. The number of hydrogen-bond acceptors (Lipinski definition) is 8. The van der Waals surface area contributed by atoms with Gasteiger partial charge in [0.05, 0.1) is 18.9 Å². The molecule has 2 aromatic carbocycles. The molecule has 0 amide bonds. The molecular formula is C22H24ClN7O. The largest absolute Gasteiger partial charge is 0.378 e. The number of benzene rings is 2. The van der Waals surface area contributed by atoms with Crippen molar-refractivity contribution in [1.29, 1.82) is 0 Å². The molecular weight excluding hydrogens is 414 g/mol. The quantitative estimate of drug-likeness (QED) is 0.440. The molecule has 0 saturated carbocycles. The first-order valence-electron chi connectivity index (χ1n) is 10.1. The van der Waals surface area contributed by atoms with Gasteiger partial charge in [-0.15, -0.1) is 0 Å². The molecule has 1 fully saturated rings. The Balaban J connectivity index is 1.59. The van der Waals surface area contributed by atoms with Crippen LogP contribution in [0.15, 0.2) is 53.6 Å². The van der Waals surface area contributed by atoms with Crippen LogP contribution in [0, 0.1) is 6.92 Å². The molecule has 8 nitrogen and oxygen atoms in total. The Bertz CT molecular complexity index is 1050. The van der Waals surface area contributed by atoms with Crippen molar-refractivity contribution in [2.45, 2.75) is 13.8 Å². The topological polar surface area (TPSA) is 87.6 Å². The van der Waals surface area contributed by atoms with Gasteiger partial charge in [-0.25, -0.2) is 5.43 Å². The van der Waals surface area contributed by atoms with E-state index in [-0.39, 0.29) is 0 Å². The Labute approximate surface area is 186 Å². The number of ether oxygens (including phenoxy) is 1. The Morgan fingerprint density at radius 1 is 0.968 bits per heavy atom. The van der Waals surface area contributed by atoms with Gasteiger partial charge in [0.15, 0.2) is 0 Å². The van der Waals surface area contributed by atoms with E-state index in [0.717, 1.165) is 30.1 Å². The van der Waals surface area contributed by atoms with E-state index in [0.29, 0.717) is 36.1 Å². The molecule has 1 saturated heterocycles. The van der Waals surface area contributed by atoms with E-state index < -0.39 is 0 Å². The number of aromatic nitrogens is 3. The summed E-state index contributed by atoms with van der Waals surface area (Å²) in [6, 6.07) is 15.5. The van der Waals surface area contributed by atoms with Gasteiger partial charge in [-0.2, -0.15) is 20.1 Å². The second-order valence-corrected chi connectivity index (χ2v) is 7.63. The average Bonchev–Trinajstić information content (AvgIpc) is 2.80. The molecule has 9 heteroatoms. The molecule has 31 heavy (non-hydrogen) atoms. The molecule has 1 aromatic heterocycles. The molecule has 3 aromatic rings. The van der Waals surface area contributed by atoms with Crippen LogP contribution in [0.1, 0.15) is 18.1 Å². The van der Waals surface area contributed by atoms with Crippen LogP contribution in [-0.4, -0.2) is 47.0 Å². The van der Waals surface area contributed by atoms with Crippen LogP contribution >= 0.6 is 11.6 Å². The van der Waals surface area contributed by atoms with E-state index in [2.05, 4.69) is 35.7 Å². The van der Waals surface area contributed by atoms with Crippen molar-refractivity contribution in [1.82, 2.24) is 15.0 Å². The number of nitrogens with one attached hydrogen (secondary N) is 2. The number of rotatable bonds is 6. The number of aryl methyl sites for hydroxylation is 1. The normalized spacial score (nSPS) is 14.4. The van der Waals surface area contributed by atoms with Crippen molar-refractivity contribution in [2.75, 3.05) is 41.9 Å². The second kappa shape index (κ2) is 9.72. The monoisotopic (exact) mass is 437 g/mol. The molecule has 1 aliphatic heterocycles. The highest BCUT2D eigenvalue weighted by molar-refractivity contribution is 6.30. The van der Waals surface area contributed by atoms with E-state index in [1.54, 1.807) is 0 Å². The van der Waals surface area contributed by atoms with Crippen molar-refractivity contribution in [2.24, 2.45) is 5.10 Å². The minimum Gasteiger partial charge on any atom is -0.378 e. The van der Waals surface area contributed by atoms with Crippen LogP contribution in [0.4, 0.5) is 23.5 Å². The third kappa shape index (κ3) is 5.68. The number of halogens is 1. The summed E-state index contributed by atoms with van der Waals surface area (Å²) in [4.78, 5) is 15.7. The summed E-state index contributed by atoms with van der Waals surface area (Å²) in [5.74, 6) is 1.39. The maximum Gasteiger partial charge on any atom is 0.250 e. The van der Waals surface area contributed by atoms with Crippen LogP contribution in [0.25, 0.3) is 0 Å². The van der Waals surface area contributed by atoms with Crippen molar-refractivity contribution < 1.29 is 4.74 Å². The minimum absolute atomic E-state index is 0.361. The predicted octanol–water partition coefficient (Wildman–Crippen LogP) is 4.25. The number of nitrogens with zero attached hydrogens (tertiary/aromatic N) is 5. The van der Waals surface area contributed by atoms with Crippen molar-refractivity contribution >= 4 is 40.8 Å². The summed E-state index contributed by atoms with van der Waals surface area (Å²) in [5, 5.41) is 8.38. The van der Waals surface area contributed by atoms with Gasteiger partial charge >= 0.3 is 0 Å². The lowest BCUT2D eigenvalue weighted by atomic mass is 10.1. The zero-order valence-corrected chi connectivity index (χ0v) is 18.2. The number of hydrogen-bond donors (Lipinski definition) is 2. The van der Waals surface area contributed by atoms with Crippen molar-refractivity contribution in [3.8, 4) is 0 Å². The summed E-state index contributed by atoms with van der Waals surface area (Å²) in [7, 11) is 0. The maximum atomic E-state index is 5.97. The maximum absolute atomic E-state index is 5.97. The first kappa shape index (κ1) is 21.0. The van der Waals surface area contributed by atoms with Crippen LogP contribution in [0.5, 0.6) is 0 Å². The lowest BCUT2D eigenvalue weighted by molar-refractivity contribution is 0.122. The molecule has 4 rings (SSSR count). The highest BCUT2D eigenvalue weighted by Gasteiger charge is 2.17. The Morgan fingerprint density at radius 3 is 2.35 bits per heavy atom. The van der Waals surface area contributed by atoms with E-state index in [1.807, 2.05) is 62.4 Å². The molecule has 2 N–H and O–H groups in total. The molecule has 1 aliphatic rings. The highest BCUT2D eigenvalue weighted by atomic mass is 35.5. The van der Waals surface area contributed by atoms with Gasteiger partial charge in [0.2, 0.25) is 17.8 Å². The Kier molecular flexibility index (Phi) is 6.59. The van der Waals surface area contributed by atoms with E-state index in [1.165, 1.54) is 5.56 Å². The fourth-order valence-electron chi connectivity index (χ4n) is 3.03. The molecule has 0 aliphatic carbocycles. The van der Waals surface area contributed by atoms with Gasteiger partial charge < -0.3 is 15.0 Å². The summed E-state index contributed by atoms with van der Waals surface area (Å²) >= 11 is 5.97. The van der Waals surface area contributed by atoms with E-state index in [9.17, 15) is 0 Å². The predicted molar refractivity (Wildman–Crippen MR) is 125 cm³/mol. The summed E-state index contributed by atoms with van der Waals surface area (Å²) in [5.41, 5.74) is 6.80. The lowest BCUT2D eigenvalue weighted by Gasteiger charge is -2.27. The minimum atomic E-state index is 0.361. The first-order chi connectivity index (χ1) is 15.1. The summed E-state index contributed by atoms with van der Waals surface area (Å²) in [6.07, 6.45) is 0. The molecule has 0 radical (unpaired) electrons. The zero-order valence-electron chi connectivity index (χ0n) is 17.5. The molecule has 160 valence electrons. The van der Waals surface area contributed by atoms with Crippen LogP contribution in [0.2, 0.25) is 5.02 Å². The number of hydrazone groups is 1. The van der Waals surface area contributed by atoms with Gasteiger partial charge in [-0.05, 0) is 43.7 Å². The SMILES string of the molecule is CC(=NNc1nc(Nc2ccc(C)cc2)nc(N2CCOCC2)n1)c1ccc(Cl)cc1. The smallest absolute Gasteiger partial charge is 0.250 e. The second-order valence-electron chi connectivity index (χ2n) is 7.19. The van der Waals surface area contributed by atoms with E-state index in [4.69, 9.17) is 16.3 Å². The molecule has 0 unspecified atom stereocenters. The summed E-state index contributed by atoms with van der Waals surface area (Å²) in [6.45, 7) is 6.69. The fourth-order valence-corrected chi connectivity index (χ4v) is 3.16. The van der Waals surface area contributed by atoms with Gasteiger partial charge in [0, 0.05) is 23.8 Å². The third-order valence-electron chi connectivity index (χ3n) is 4.81. The van der Waals surface area contributed by atoms with Crippen molar-refractivity contribution in [3.05, 3.63) is 64.7 Å². The third-order valence-corrected chi connectivity index (χ3v) is 5.06. The zero-order chi connectivity index (χ0) is 21.6. The lowest BCUT2D eigenvalue weighted by Crippen LogP contribution is -2.37. The number of morpholine rings is 1. The number of anilines is 4. The van der Waals surface area contributed by atoms with Gasteiger partial charge in [0.25, 0.3) is 0 Å². The van der Waals surface area contributed by atoms with Crippen LogP contribution < -0.4 is 15.6 Å². The highest BCUT2D eigenvalue weighted by Crippen LogP contribution is 2.19. The molecule has 2 heterocycles. The molecule has 0 spiro atoms. The van der Waals surface area contributed by atoms with E-state index >= 15 is 0 Å². The van der Waals surface area contributed by atoms with Gasteiger partial charge in [0.1, 0.15) is 0 Å². The van der Waals surface area contributed by atoms with Crippen LogP contribution in [-0.2, 0) is 4.74 Å². The van der Waals surface area contributed by atoms with Crippen LogP contribution in [0.3, 0.4) is 0 Å². The Morgan fingerprint density at radius 2 is 1.65 bits per heavy atom.